The molecule has 122 valence electrons. The van der Waals surface area contributed by atoms with Gasteiger partial charge in [0, 0.05) is 32.3 Å². The molecule has 1 fully saturated rings. The Bertz CT molecular complexity index is 524. The molecular weight excluding hydrogens is 287 g/mol. The van der Waals surface area contributed by atoms with Crippen molar-refractivity contribution in [3.8, 4) is 0 Å². The first-order valence-corrected chi connectivity index (χ1v) is 7.48. The number of amides is 2. The zero-order valence-electron chi connectivity index (χ0n) is 13.0. The second kappa shape index (κ2) is 7.56. The predicted molar refractivity (Wildman–Crippen MR) is 80.7 cm³/mol. The van der Waals surface area contributed by atoms with Crippen LogP contribution in [0, 0.1) is 11.7 Å². The molecule has 0 bridgehead atoms. The third-order valence-corrected chi connectivity index (χ3v) is 4.06. The van der Waals surface area contributed by atoms with Crippen molar-refractivity contribution in [2.75, 3.05) is 20.2 Å². The number of halogens is 1. The van der Waals surface area contributed by atoms with Gasteiger partial charge >= 0.3 is 6.03 Å². The Hall–Kier alpha value is -1.66. The minimum absolute atomic E-state index is 0.198. The highest BCUT2D eigenvalue weighted by Gasteiger charge is 2.27. The number of aliphatic hydroxyl groups excluding tert-OH is 1. The van der Waals surface area contributed by atoms with Crippen LogP contribution >= 0.6 is 0 Å². The second-order valence-electron chi connectivity index (χ2n) is 5.80. The lowest BCUT2D eigenvalue weighted by Crippen LogP contribution is -2.49. The highest BCUT2D eigenvalue weighted by atomic mass is 19.1. The molecule has 0 aliphatic carbocycles. The summed E-state index contributed by atoms with van der Waals surface area (Å²) in [6.45, 7) is 3.49. The average molecular weight is 310 g/mol. The Balaban J connectivity index is 1.90. The lowest BCUT2D eigenvalue weighted by atomic mass is 9.96. The maximum atomic E-state index is 13.5. The van der Waals surface area contributed by atoms with E-state index in [1.165, 1.54) is 13.2 Å². The number of β-amino-alcohol motifs (C(OH)–C–C–N with tert-alkyl or cyclic N) is 1. The first-order valence-electron chi connectivity index (χ1n) is 7.48. The van der Waals surface area contributed by atoms with Crippen LogP contribution in [-0.2, 0) is 17.9 Å². The molecule has 1 saturated heterocycles. The number of carbonyl (C=O) groups excluding carboxylic acids is 1. The molecule has 2 unspecified atom stereocenters. The topological polar surface area (TPSA) is 61.8 Å². The molecular formula is C16H23FN2O3. The van der Waals surface area contributed by atoms with E-state index < -0.39 is 6.10 Å². The van der Waals surface area contributed by atoms with Crippen molar-refractivity contribution in [3.63, 3.8) is 0 Å². The number of carbonyl (C=O) groups is 1. The van der Waals surface area contributed by atoms with Crippen LogP contribution in [0.5, 0.6) is 0 Å². The van der Waals surface area contributed by atoms with Gasteiger partial charge in [0.1, 0.15) is 5.82 Å². The van der Waals surface area contributed by atoms with Gasteiger partial charge in [-0.25, -0.2) is 9.18 Å². The number of ether oxygens (including phenoxy) is 1. The van der Waals surface area contributed by atoms with E-state index >= 15 is 0 Å². The molecule has 1 aliphatic heterocycles. The molecule has 6 heteroatoms. The molecule has 2 rings (SSSR count). The summed E-state index contributed by atoms with van der Waals surface area (Å²) in [5, 5.41) is 12.6. The maximum absolute atomic E-state index is 13.5. The standard InChI is InChI=1S/C16H23FN2O3/c1-11-5-6-19(9-15(11)20)16(21)18-8-12-3-4-14(17)13(7-12)10-22-2/h3-4,7,11,15,20H,5-6,8-10H2,1-2H3,(H,18,21). The van der Waals surface area contributed by atoms with Gasteiger partial charge in [0.15, 0.2) is 0 Å². The van der Waals surface area contributed by atoms with Gasteiger partial charge in [-0.1, -0.05) is 13.0 Å². The van der Waals surface area contributed by atoms with Gasteiger partial charge in [-0.05, 0) is 30.0 Å². The van der Waals surface area contributed by atoms with Gasteiger partial charge < -0.3 is 20.1 Å². The molecule has 1 aliphatic rings. The van der Waals surface area contributed by atoms with E-state index in [1.54, 1.807) is 17.0 Å². The van der Waals surface area contributed by atoms with Gasteiger partial charge in [0.05, 0.1) is 12.7 Å². The van der Waals surface area contributed by atoms with Crippen molar-refractivity contribution < 1.29 is 19.0 Å². The van der Waals surface area contributed by atoms with E-state index in [-0.39, 0.29) is 24.4 Å². The molecule has 0 spiro atoms. The quantitative estimate of drug-likeness (QED) is 0.892. The van der Waals surface area contributed by atoms with Crippen LogP contribution in [0.3, 0.4) is 0 Å². The van der Waals surface area contributed by atoms with Gasteiger partial charge in [-0.3, -0.25) is 0 Å². The van der Waals surface area contributed by atoms with Crippen molar-refractivity contribution in [3.05, 3.63) is 35.1 Å². The summed E-state index contributed by atoms with van der Waals surface area (Å²) in [4.78, 5) is 13.7. The van der Waals surface area contributed by atoms with Crippen LogP contribution in [0.15, 0.2) is 18.2 Å². The number of hydrogen-bond acceptors (Lipinski definition) is 3. The summed E-state index contributed by atoms with van der Waals surface area (Å²) in [7, 11) is 1.51. The lowest BCUT2D eigenvalue weighted by Gasteiger charge is -2.34. The zero-order valence-corrected chi connectivity index (χ0v) is 13.0. The molecule has 0 radical (unpaired) electrons. The first-order chi connectivity index (χ1) is 10.5. The van der Waals surface area contributed by atoms with Crippen LogP contribution in [0.4, 0.5) is 9.18 Å². The van der Waals surface area contributed by atoms with Gasteiger partial charge in [0.25, 0.3) is 0 Å². The number of likely N-dealkylation sites (tertiary alicyclic amines) is 1. The van der Waals surface area contributed by atoms with Crippen LogP contribution in [0.2, 0.25) is 0 Å². The van der Waals surface area contributed by atoms with Crippen LogP contribution in [0.1, 0.15) is 24.5 Å². The third kappa shape index (κ3) is 4.18. The van der Waals surface area contributed by atoms with Gasteiger partial charge in [-0.2, -0.15) is 0 Å². The molecule has 2 atom stereocenters. The zero-order chi connectivity index (χ0) is 16.1. The Labute approximate surface area is 130 Å². The van der Waals surface area contributed by atoms with E-state index in [0.717, 1.165) is 12.0 Å². The van der Waals surface area contributed by atoms with E-state index in [2.05, 4.69) is 5.32 Å². The Morgan fingerprint density at radius 2 is 2.32 bits per heavy atom. The van der Waals surface area contributed by atoms with E-state index in [0.29, 0.717) is 25.2 Å². The molecule has 2 amide bonds. The number of benzene rings is 1. The van der Waals surface area contributed by atoms with Crippen molar-refractivity contribution >= 4 is 6.03 Å². The highest BCUT2D eigenvalue weighted by molar-refractivity contribution is 5.74. The average Bonchev–Trinajstić information content (AvgIpc) is 2.50. The van der Waals surface area contributed by atoms with Crippen LogP contribution in [-0.4, -0.2) is 42.3 Å². The molecule has 0 aromatic heterocycles. The molecule has 1 heterocycles. The van der Waals surface area contributed by atoms with Gasteiger partial charge in [0.2, 0.25) is 0 Å². The van der Waals surface area contributed by atoms with Crippen molar-refractivity contribution in [2.45, 2.75) is 32.6 Å². The lowest BCUT2D eigenvalue weighted by molar-refractivity contribution is 0.0435. The first kappa shape index (κ1) is 16.7. The van der Waals surface area contributed by atoms with Crippen molar-refractivity contribution in [1.29, 1.82) is 0 Å². The fraction of sp³-hybridized carbons (Fsp3) is 0.562. The Morgan fingerprint density at radius 1 is 1.55 bits per heavy atom. The SMILES string of the molecule is COCc1cc(CNC(=O)N2CCC(C)C(O)C2)ccc1F. The van der Waals surface area contributed by atoms with E-state index in [4.69, 9.17) is 4.74 Å². The Kier molecular flexibility index (Phi) is 5.74. The molecule has 5 nitrogen and oxygen atoms in total. The normalized spacial score (nSPS) is 21.7. The van der Waals surface area contributed by atoms with Crippen molar-refractivity contribution in [1.82, 2.24) is 10.2 Å². The number of aliphatic hydroxyl groups is 1. The maximum Gasteiger partial charge on any atom is 0.317 e. The number of rotatable bonds is 4. The molecule has 22 heavy (non-hydrogen) atoms. The minimum atomic E-state index is -0.473. The summed E-state index contributed by atoms with van der Waals surface area (Å²) in [5.74, 6) is -0.0946. The van der Waals surface area contributed by atoms with E-state index in [9.17, 15) is 14.3 Å². The summed E-state index contributed by atoms with van der Waals surface area (Å²) < 4.78 is 18.5. The summed E-state index contributed by atoms with van der Waals surface area (Å²) in [6.07, 6.45) is 0.321. The number of methoxy groups -OCH3 is 1. The smallest absolute Gasteiger partial charge is 0.317 e. The second-order valence-corrected chi connectivity index (χ2v) is 5.80. The number of piperidine rings is 1. The molecule has 1 aromatic rings. The Morgan fingerprint density at radius 3 is 3.00 bits per heavy atom. The molecule has 2 N–H and O–H groups in total. The number of urea groups is 1. The minimum Gasteiger partial charge on any atom is -0.391 e. The number of hydrogen-bond donors (Lipinski definition) is 2. The van der Waals surface area contributed by atoms with E-state index in [1.807, 2.05) is 6.92 Å². The molecule has 0 saturated carbocycles. The number of nitrogens with zero attached hydrogens (tertiary/aromatic N) is 1. The fourth-order valence-corrected chi connectivity index (χ4v) is 2.53. The predicted octanol–water partition coefficient (Wildman–Crippen LogP) is 1.88. The largest absolute Gasteiger partial charge is 0.391 e. The summed E-state index contributed by atoms with van der Waals surface area (Å²) in [5.41, 5.74) is 1.28. The monoisotopic (exact) mass is 310 g/mol. The van der Waals surface area contributed by atoms with Gasteiger partial charge in [-0.15, -0.1) is 0 Å². The fourth-order valence-electron chi connectivity index (χ4n) is 2.53. The number of nitrogens with one attached hydrogen (secondary N) is 1. The van der Waals surface area contributed by atoms with Crippen LogP contribution < -0.4 is 5.32 Å². The van der Waals surface area contributed by atoms with Crippen LogP contribution in [0.25, 0.3) is 0 Å². The summed E-state index contributed by atoms with van der Waals surface area (Å²) in [6, 6.07) is 4.50. The molecule has 1 aromatic carbocycles. The highest BCUT2D eigenvalue weighted by Crippen LogP contribution is 2.17. The van der Waals surface area contributed by atoms with Crippen molar-refractivity contribution in [2.24, 2.45) is 5.92 Å². The summed E-state index contributed by atoms with van der Waals surface area (Å²) >= 11 is 0. The third-order valence-electron chi connectivity index (χ3n) is 4.06.